The van der Waals surface area contributed by atoms with Crippen molar-refractivity contribution in [1.82, 2.24) is 5.32 Å². The zero-order valence-electron chi connectivity index (χ0n) is 10.6. The molecule has 88 valence electrons. The highest BCUT2D eigenvalue weighted by Crippen LogP contribution is 2.51. The summed E-state index contributed by atoms with van der Waals surface area (Å²) in [5.41, 5.74) is 0.567. The average molecular weight is 227 g/mol. The predicted octanol–water partition coefficient (Wildman–Crippen LogP) is 3.64. The molecule has 1 heterocycles. The normalized spacial score (nSPS) is 44.8. The fourth-order valence-corrected chi connectivity index (χ4v) is 4.88. The quantitative estimate of drug-likeness (QED) is 0.734. The summed E-state index contributed by atoms with van der Waals surface area (Å²) in [7, 11) is 0. The molecular formula is C13H25NS. The van der Waals surface area contributed by atoms with Crippen molar-refractivity contribution in [2.45, 2.75) is 64.3 Å². The summed E-state index contributed by atoms with van der Waals surface area (Å²) in [5.74, 6) is 2.14. The van der Waals surface area contributed by atoms with Crippen LogP contribution in [-0.4, -0.2) is 16.7 Å². The first-order chi connectivity index (χ1) is 6.97. The summed E-state index contributed by atoms with van der Waals surface area (Å²) in [6, 6.07) is 0.763. The lowest BCUT2D eigenvalue weighted by Crippen LogP contribution is -2.51. The fraction of sp³-hybridized carbons (Fsp3) is 1.00. The Morgan fingerprint density at radius 2 is 2.07 bits per heavy atom. The van der Waals surface area contributed by atoms with Gasteiger partial charge in [-0.25, -0.2) is 0 Å². The second-order valence-electron chi connectivity index (χ2n) is 6.22. The van der Waals surface area contributed by atoms with E-state index < -0.39 is 0 Å². The molecule has 0 aromatic carbocycles. The molecule has 0 aromatic heterocycles. The van der Waals surface area contributed by atoms with Gasteiger partial charge in [0, 0.05) is 11.8 Å². The van der Waals surface area contributed by atoms with Crippen molar-refractivity contribution in [2.75, 3.05) is 5.75 Å². The van der Waals surface area contributed by atoms with Gasteiger partial charge >= 0.3 is 0 Å². The Labute approximate surface area is 98.8 Å². The topological polar surface area (TPSA) is 12.0 Å². The average Bonchev–Trinajstić information content (AvgIpc) is 2.57. The van der Waals surface area contributed by atoms with Crippen molar-refractivity contribution >= 4 is 11.8 Å². The highest BCUT2D eigenvalue weighted by atomic mass is 32.2. The maximum absolute atomic E-state index is 3.91. The van der Waals surface area contributed by atoms with E-state index in [0.717, 1.165) is 12.0 Å². The van der Waals surface area contributed by atoms with Gasteiger partial charge in [-0.1, -0.05) is 27.7 Å². The molecule has 2 aliphatic rings. The summed E-state index contributed by atoms with van der Waals surface area (Å²) in [4.78, 5) is 0.427. The summed E-state index contributed by atoms with van der Waals surface area (Å²) in [6.07, 6.45) is 5.41. The van der Waals surface area contributed by atoms with Crippen LogP contribution in [0.5, 0.6) is 0 Å². The maximum atomic E-state index is 3.91. The fourth-order valence-electron chi connectivity index (χ4n) is 3.19. The molecule has 3 unspecified atom stereocenters. The van der Waals surface area contributed by atoms with Crippen LogP contribution in [0.3, 0.4) is 0 Å². The van der Waals surface area contributed by atoms with E-state index in [2.05, 4.69) is 44.8 Å². The van der Waals surface area contributed by atoms with E-state index in [1.165, 1.54) is 31.4 Å². The van der Waals surface area contributed by atoms with E-state index in [9.17, 15) is 0 Å². The third-order valence-electron chi connectivity index (χ3n) is 4.31. The Bertz CT molecular complexity index is 239. The summed E-state index contributed by atoms with van der Waals surface area (Å²) in [5, 5.41) is 3.91. The van der Waals surface area contributed by atoms with Gasteiger partial charge in [0.2, 0.25) is 0 Å². The zero-order valence-corrected chi connectivity index (χ0v) is 11.4. The van der Waals surface area contributed by atoms with Crippen LogP contribution in [0.2, 0.25) is 0 Å². The molecule has 1 spiro atoms. The number of thioether (sulfide) groups is 1. The monoisotopic (exact) mass is 227 g/mol. The van der Waals surface area contributed by atoms with Crippen LogP contribution in [0, 0.1) is 11.3 Å². The van der Waals surface area contributed by atoms with Gasteiger partial charge in [0.25, 0.3) is 0 Å². The Kier molecular flexibility index (Phi) is 3.11. The Morgan fingerprint density at radius 3 is 2.60 bits per heavy atom. The molecule has 1 aliphatic carbocycles. The number of nitrogens with one attached hydrogen (secondary N) is 1. The molecule has 0 amide bonds. The first-order valence-corrected chi connectivity index (χ1v) is 7.38. The molecule has 0 radical (unpaired) electrons. The van der Waals surface area contributed by atoms with Gasteiger partial charge in [-0.15, -0.1) is 11.8 Å². The van der Waals surface area contributed by atoms with Crippen molar-refractivity contribution in [3.63, 3.8) is 0 Å². The Morgan fingerprint density at radius 1 is 1.33 bits per heavy atom. The molecule has 1 saturated carbocycles. The third kappa shape index (κ3) is 2.21. The van der Waals surface area contributed by atoms with Gasteiger partial charge in [-0.2, -0.15) is 0 Å². The van der Waals surface area contributed by atoms with Crippen molar-refractivity contribution in [3.05, 3.63) is 0 Å². The van der Waals surface area contributed by atoms with Crippen LogP contribution in [0.25, 0.3) is 0 Å². The molecule has 0 aromatic rings. The van der Waals surface area contributed by atoms with E-state index in [1.807, 2.05) is 0 Å². The van der Waals surface area contributed by atoms with Crippen molar-refractivity contribution < 1.29 is 0 Å². The van der Waals surface area contributed by atoms with E-state index in [1.54, 1.807) is 0 Å². The van der Waals surface area contributed by atoms with E-state index in [4.69, 9.17) is 0 Å². The zero-order chi connectivity index (χ0) is 11.1. The Hall–Kier alpha value is 0.310. The number of hydrogen-bond acceptors (Lipinski definition) is 2. The van der Waals surface area contributed by atoms with Gasteiger partial charge in [-0.3, -0.25) is 5.32 Å². The van der Waals surface area contributed by atoms with Gasteiger partial charge < -0.3 is 0 Å². The van der Waals surface area contributed by atoms with Crippen LogP contribution in [0.1, 0.15) is 53.4 Å². The predicted molar refractivity (Wildman–Crippen MR) is 69.2 cm³/mol. The van der Waals surface area contributed by atoms with E-state index in [-0.39, 0.29) is 0 Å². The lowest BCUT2D eigenvalue weighted by atomic mass is 9.70. The minimum Gasteiger partial charge on any atom is -0.299 e. The highest BCUT2D eigenvalue weighted by molar-refractivity contribution is 8.00. The molecule has 2 rings (SSSR count). The lowest BCUT2D eigenvalue weighted by molar-refractivity contribution is 0.129. The van der Waals surface area contributed by atoms with Crippen LogP contribution in [0.4, 0.5) is 0 Å². The second kappa shape index (κ2) is 3.96. The molecule has 3 atom stereocenters. The smallest absolute Gasteiger partial charge is 0.0674 e. The second-order valence-corrected chi connectivity index (χ2v) is 7.57. The number of rotatable bonds is 1. The molecule has 1 N–H and O–H groups in total. The van der Waals surface area contributed by atoms with Gasteiger partial charge in [-0.05, 0) is 37.0 Å². The molecule has 1 nitrogen and oxygen atoms in total. The maximum Gasteiger partial charge on any atom is 0.0674 e. The van der Waals surface area contributed by atoms with Gasteiger partial charge in [0.05, 0.1) is 4.87 Å². The van der Waals surface area contributed by atoms with Gasteiger partial charge in [0.1, 0.15) is 0 Å². The minimum atomic E-state index is 0.427. The number of hydrogen-bond donors (Lipinski definition) is 1. The van der Waals surface area contributed by atoms with Crippen molar-refractivity contribution in [3.8, 4) is 0 Å². The first-order valence-electron chi connectivity index (χ1n) is 6.39. The van der Waals surface area contributed by atoms with Crippen LogP contribution < -0.4 is 5.32 Å². The highest BCUT2D eigenvalue weighted by Gasteiger charge is 2.47. The molecule has 2 heteroatoms. The van der Waals surface area contributed by atoms with Gasteiger partial charge in [0.15, 0.2) is 0 Å². The van der Waals surface area contributed by atoms with Crippen LogP contribution in [0.15, 0.2) is 0 Å². The Balaban J connectivity index is 2.05. The molecule has 1 aliphatic heterocycles. The molecular weight excluding hydrogens is 202 g/mol. The van der Waals surface area contributed by atoms with E-state index >= 15 is 0 Å². The molecule has 2 fully saturated rings. The summed E-state index contributed by atoms with van der Waals surface area (Å²) >= 11 is 2.20. The first kappa shape index (κ1) is 11.8. The third-order valence-corrected chi connectivity index (χ3v) is 6.12. The SMILES string of the molecule is CCC1CSC2(CCC(C)(C)CC2C)N1. The minimum absolute atomic E-state index is 0.427. The largest absolute Gasteiger partial charge is 0.299 e. The van der Waals surface area contributed by atoms with Crippen molar-refractivity contribution in [1.29, 1.82) is 0 Å². The van der Waals surface area contributed by atoms with Crippen LogP contribution >= 0.6 is 11.8 Å². The molecule has 1 saturated heterocycles. The van der Waals surface area contributed by atoms with Crippen LogP contribution in [-0.2, 0) is 0 Å². The molecule has 0 bridgehead atoms. The van der Waals surface area contributed by atoms with Crippen molar-refractivity contribution in [2.24, 2.45) is 11.3 Å². The summed E-state index contributed by atoms with van der Waals surface area (Å²) in [6.45, 7) is 9.59. The standard InChI is InChI=1S/C13H25NS/c1-5-11-9-15-13(14-11)7-6-12(3,4)8-10(13)2/h10-11,14H,5-9H2,1-4H3. The van der Waals surface area contributed by atoms with E-state index in [0.29, 0.717) is 10.3 Å². The lowest BCUT2D eigenvalue weighted by Gasteiger charge is -2.46. The summed E-state index contributed by atoms with van der Waals surface area (Å²) < 4.78 is 0. The molecule has 15 heavy (non-hydrogen) atoms.